The number of ether oxygens (including phenoxy) is 3. The average Bonchev–Trinajstić information content (AvgIpc) is 2.84. The van der Waals surface area contributed by atoms with Gasteiger partial charge in [0, 0.05) is 16.5 Å². The zero-order valence-electron chi connectivity index (χ0n) is 17.1. The van der Waals surface area contributed by atoms with Gasteiger partial charge in [0.15, 0.2) is 0 Å². The van der Waals surface area contributed by atoms with Crippen molar-refractivity contribution in [1.82, 2.24) is 0 Å². The van der Waals surface area contributed by atoms with E-state index in [2.05, 4.69) is 11.8 Å². The zero-order valence-corrected chi connectivity index (χ0v) is 17.1. The second-order valence-electron chi connectivity index (χ2n) is 7.19. The number of terminal acetylenes is 2. The topological polar surface area (TPSA) is 61.8 Å². The molecule has 1 aliphatic heterocycles. The van der Waals surface area contributed by atoms with Crippen LogP contribution in [0.3, 0.4) is 0 Å². The highest BCUT2D eigenvalue weighted by Crippen LogP contribution is 2.43. The third kappa shape index (κ3) is 3.54. The summed E-state index contributed by atoms with van der Waals surface area (Å²) in [5.74, 6) is 5.53. The maximum Gasteiger partial charge on any atom is 0.346 e. The van der Waals surface area contributed by atoms with Gasteiger partial charge in [-0.1, -0.05) is 11.8 Å². The molecular formula is C28H14O5. The summed E-state index contributed by atoms with van der Waals surface area (Å²) in [6.07, 6.45) is 10.9. The van der Waals surface area contributed by atoms with Crippen LogP contribution in [-0.4, -0.2) is 11.9 Å². The van der Waals surface area contributed by atoms with Crippen LogP contribution in [0.25, 0.3) is 10.8 Å². The summed E-state index contributed by atoms with van der Waals surface area (Å²) in [5.41, 5.74) is 1.93. The standard InChI is InChI=1S/C28H14O5/c1-3-17-5-9-19(10-6-17)31-23-15-13-21-25-22(28(30)33-27(21)29)14-16-24(26(23)25)32-20-11-7-18(4-2)8-12-20/h1-2,5-16H. The van der Waals surface area contributed by atoms with Crippen LogP contribution >= 0.6 is 0 Å². The van der Waals surface area contributed by atoms with Crippen molar-refractivity contribution in [2.75, 3.05) is 0 Å². The predicted molar refractivity (Wildman–Crippen MR) is 123 cm³/mol. The average molecular weight is 430 g/mol. The second-order valence-corrected chi connectivity index (χ2v) is 7.19. The van der Waals surface area contributed by atoms with Gasteiger partial charge in [0.05, 0.1) is 16.5 Å². The number of rotatable bonds is 4. The first-order chi connectivity index (χ1) is 16.1. The molecule has 5 rings (SSSR count). The molecule has 0 spiro atoms. The van der Waals surface area contributed by atoms with Gasteiger partial charge in [-0.3, -0.25) is 0 Å². The van der Waals surface area contributed by atoms with Crippen molar-refractivity contribution >= 4 is 22.7 Å². The first-order valence-electron chi connectivity index (χ1n) is 9.92. The van der Waals surface area contributed by atoms with E-state index in [0.29, 0.717) is 44.9 Å². The van der Waals surface area contributed by atoms with E-state index in [9.17, 15) is 9.59 Å². The molecule has 5 nitrogen and oxygen atoms in total. The van der Waals surface area contributed by atoms with Crippen molar-refractivity contribution in [3.63, 3.8) is 0 Å². The number of benzene rings is 4. The third-order valence-corrected chi connectivity index (χ3v) is 5.21. The van der Waals surface area contributed by atoms with E-state index in [1.54, 1.807) is 72.8 Å². The summed E-state index contributed by atoms with van der Waals surface area (Å²) in [5, 5.41) is 0.879. The van der Waals surface area contributed by atoms with Crippen LogP contribution in [0.5, 0.6) is 23.0 Å². The van der Waals surface area contributed by atoms with E-state index < -0.39 is 11.9 Å². The van der Waals surface area contributed by atoms with Gasteiger partial charge < -0.3 is 14.2 Å². The van der Waals surface area contributed by atoms with Crippen LogP contribution in [0.2, 0.25) is 0 Å². The largest absolute Gasteiger partial charge is 0.457 e. The molecule has 0 unspecified atom stereocenters. The normalized spacial score (nSPS) is 11.9. The zero-order chi connectivity index (χ0) is 22.9. The fourth-order valence-electron chi connectivity index (χ4n) is 3.63. The van der Waals surface area contributed by atoms with Crippen LogP contribution in [0.4, 0.5) is 0 Å². The molecule has 0 saturated heterocycles. The van der Waals surface area contributed by atoms with Crippen molar-refractivity contribution in [2.24, 2.45) is 0 Å². The molecule has 0 fully saturated rings. The first kappa shape index (κ1) is 19.9. The molecule has 4 aromatic rings. The highest BCUT2D eigenvalue weighted by atomic mass is 16.6. The lowest BCUT2D eigenvalue weighted by atomic mass is 9.96. The fraction of sp³-hybridized carbons (Fsp3) is 0. The maximum absolute atomic E-state index is 12.4. The lowest BCUT2D eigenvalue weighted by molar-refractivity contribution is 0.0391. The van der Waals surface area contributed by atoms with Gasteiger partial charge in [-0.25, -0.2) is 9.59 Å². The molecule has 0 aliphatic carbocycles. The predicted octanol–water partition coefficient (Wildman–Crippen LogP) is 5.70. The van der Waals surface area contributed by atoms with Gasteiger partial charge in [0.1, 0.15) is 23.0 Å². The minimum atomic E-state index is -0.724. The fourth-order valence-corrected chi connectivity index (χ4v) is 3.63. The molecule has 0 atom stereocenters. The minimum absolute atomic E-state index is 0.253. The highest BCUT2D eigenvalue weighted by Gasteiger charge is 2.30. The Morgan fingerprint density at radius 1 is 0.576 bits per heavy atom. The molecular weight excluding hydrogens is 416 g/mol. The van der Waals surface area contributed by atoms with Gasteiger partial charge in [0.2, 0.25) is 0 Å². The first-order valence-corrected chi connectivity index (χ1v) is 9.92. The molecule has 4 aromatic carbocycles. The monoisotopic (exact) mass is 430 g/mol. The van der Waals surface area contributed by atoms with E-state index in [1.807, 2.05) is 0 Å². The maximum atomic E-state index is 12.4. The number of hydrogen-bond acceptors (Lipinski definition) is 5. The van der Waals surface area contributed by atoms with Crippen molar-refractivity contribution in [3.8, 4) is 47.7 Å². The van der Waals surface area contributed by atoms with E-state index >= 15 is 0 Å². The number of hydrogen-bond donors (Lipinski definition) is 0. The number of cyclic esters (lactones) is 2. The summed E-state index contributed by atoms with van der Waals surface area (Å²) in [4.78, 5) is 24.8. The Hall–Kier alpha value is -5.00. The minimum Gasteiger partial charge on any atom is -0.457 e. The molecule has 0 saturated carbocycles. The Balaban J connectivity index is 1.68. The van der Waals surface area contributed by atoms with Gasteiger partial charge in [-0.2, -0.15) is 0 Å². The Kier molecular flexibility index (Phi) is 4.79. The number of carbonyl (C=O) groups excluding carboxylic acids is 2. The van der Waals surface area contributed by atoms with Crippen LogP contribution in [0.15, 0.2) is 72.8 Å². The molecule has 1 heterocycles. The molecule has 0 N–H and O–H groups in total. The molecule has 156 valence electrons. The number of esters is 2. The molecule has 33 heavy (non-hydrogen) atoms. The van der Waals surface area contributed by atoms with Crippen LogP contribution in [0.1, 0.15) is 31.8 Å². The van der Waals surface area contributed by atoms with Crippen molar-refractivity contribution < 1.29 is 23.8 Å². The highest BCUT2D eigenvalue weighted by molar-refractivity contribution is 6.22. The van der Waals surface area contributed by atoms with E-state index in [4.69, 9.17) is 27.1 Å². The molecule has 0 bridgehead atoms. The number of carbonyl (C=O) groups is 2. The van der Waals surface area contributed by atoms with E-state index in [1.165, 1.54) is 0 Å². The smallest absolute Gasteiger partial charge is 0.346 e. The molecule has 0 amide bonds. The van der Waals surface area contributed by atoms with Gasteiger partial charge in [-0.15, -0.1) is 12.8 Å². The Morgan fingerprint density at radius 3 is 1.39 bits per heavy atom. The van der Waals surface area contributed by atoms with E-state index in [0.717, 1.165) is 0 Å². The third-order valence-electron chi connectivity index (χ3n) is 5.21. The molecule has 0 aromatic heterocycles. The van der Waals surface area contributed by atoms with Crippen molar-refractivity contribution in [3.05, 3.63) is 95.1 Å². The lowest BCUT2D eigenvalue weighted by Gasteiger charge is -2.20. The van der Waals surface area contributed by atoms with Gasteiger partial charge >= 0.3 is 11.9 Å². The van der Waals surface area contributed by atoms with Crippen LogP contribution in [-0.2, 0) is 4.74 Å². The molecule has 1 aliphatic rings. The van der Waals surface area contributed by atoms with Crippen LogP contribution in [0, 0.1) is 24.7 Å². The summed E-state index contributed by atoms with van der Waals surface area (Å²) in [7, 11) is 0. The molecule has 0 radical (unpaired) electrons. The summed E-state index contributed by atoms with van der Waals surface area (Å²) in [6.45, 7) is 0. The van der Waals surface area contributed by atoms with Gasteiger partial charge in [0.25, 0.3) is 0 Å². The van der Waals surface area contributed by atoms with Gasteiger partial charge in [-0.05, 0) is 72.8 Å². The Bertz CT molecular complexity index is 1400. The second kappa shape index (κ2) is 7.92. The van der Waals surface area contributed by atoms with Crippen molar-refractivity contribution in [2.45, 2.75) is 0 Å². The van der Waals surface area contributed by atoms with Crippen LogP contribution < -0.4 is 9.47 Å². The summed E-state index contributed by atoms with van der Waals surface area (Å²) >= 11 is 0. The van der Waals surface area contributed by atoms with E-state index in [-0.39, 0.29) is 11.1 Å². The Morgan fingerprint density at radius 2 is 1.00 bits per heavy atom. The molecule has 5 heteroatoms. The SMILES string of the molecule is C#Cc1ccc(Oc2ccc3c4c(ccc(Oc5ccc(C#C)cc5)c24)C(=O)OC3=O)cc1. The lowest BCUT2D eigenvalue weighted by Crippen LogP contribution is -2.19. The summed E-state index contributed by atoms with van der Waals surface area (Å²) < 4.78 is 17.1. The Labute approximate surface area is 189 Å². The van der Waals surface area contributed by atoms with Crippen molar-refractivity contribution in [1.29, 1.82) is 0 Å². The summed E-state index contributed by atoms with van der Waals surface area (Å²) in [6, 6.07) is 20.4. The quantitative estimate of drug-likeness (QED) is 0.236.